The molecule has 2 aromatic rings. The van der Waals surface area contributed by atoms with Crippen molar-refractivity contribution in [2.75, 3.05) is 0 Å². The number of hydrogen-bond donors (Lipinski definition) is 2. The lowest BCUT2D eigenvalue weighted by Crippen LogP contribution is -2.59. The van der Waals surface area contributed by atoms with Gasteiger partial charge in [-0.15, -0.1) is 0 Å². The Morgan fingerprint density at radius 1 is 1.22 bits per heavy atom. The van der Waals surface area contributed by atoms with Gasteiger partial charge >= 0.3 is 5.97 Å². The second-order valence-corrected chi connectivity index (χ2v) is 9.01. The number of benzene rings is 1. The molecule has 138 valence electrons. The normalized spacial score (nSPS) is 39.4. The van der Waals surface area contributed by atoms with Gasteiger partial charge < -0.3 is 14.8 Å². The van der Waals surface area contributed by atoms with Gasteiger partial charge in [0, 0.05) is 45.8 Å². The maximum atomic E-state index is 12.5. The van der Waals surface area contributed by atoms with Gasteiger partial charge in [-0.2, -0.15) is 0 Å². The van der Waals surface area contributed by atoms with Crippen molar-refractivity contribution in [3.63, 3.8) is 0 Å². The predicted octanol–water partition coefficient (Wildman–Crippen LogP) is 2.91. The first kappa shape index (κ1) is 15.6. The van der Waals surface area contributed by atoms with E-state index < -0.39 is 17.2 Å². The van der Waals surface area contributed by atoms with Crippen LogP contribution in [0.15, 0.2) is 35.4 Å². The highest BCUT2D eigenvalue weighted by molar-refractivity contribution is 6.20. The summed E-state index contributed by atoms with van der Waals surface area (Å²) < 4.78 is 5.43. The summed E-state index contributed by atoms with van der Waals surface area (Å²) in [6, 6.07) is 8.30. The monoisotopic (exact) mass is 363 g/mol. The molecule has 4 atom stereocenters. The Morgan fingerprint density at radius 2 is 2.00 bits per heavy atom. The molecule has 1 fully saturated rings. The minimum absolute atomic E-state index is 0.107. The first-order chi connectivity index (χ1) is 12.8. The molecular formula is C22H21NO4. The smallest absolute Gasteiger partial charge is 0.344 e. The van der Waals surface area contributed by atoms with E-state index in [4.69, 9.17) is 4.74 Å². The number of ketones is 1. The molecule has 1 aromatic carbocycles. The van der Waals surface area contributed by atoms with E-state index in [1.54, 1.807) is 0 Å². The zero-order valence-corrected chi connectivity index (χ0v) is 15.4. The van der Waals surface area contributed by atoms with Gasteiger partial charge in [-0.25, -0.2) is 4.79 Å². The molecule has 0 amide bonds. The fraction of sp³-hybridized carbons (Fsp3) is 0.455. The number of fused-ring (bicyclic) bond motifs is 6. The van der Waals surface area contributed by atoms with Crippen molar-refractivity contribution in [1.29, 1.82) is 0 Å². The van der Waals surface area contributed by atoms with Gasteiger partial charge in [-0.1, -0.05) is 32.0 Å². The van der Waals surface area contributed by atoms with E-state index in [0.717, 1.165) is 11.9 Å². The summed E-state index contributed by atoms with van der Waals surface area (Å²) in [6.07, 6.45) is 2.11. The van der Waals surface area contributed by atoms with E-state index in [2.05, 4.69) is 31.0 Å². The molecule has 1 aliphatic heterocycles. The number of Topliss-reactive ketones (excluding diaryl/α,β-unsaturated/α-hetero) is 1. The van der Waals surface area contributed by atoms with Gasteiger partial charge in [0.2, 0.25) is 5.79 Å². The van der Waals surface area contributed by atoms with Crippen molar-refractivity contribution in [1.82, 2.24) is 4.98 Å². The van der Waals surface area contributed by atoms with E-state index in [0.29, 0.717) is 24.8 Å². The van der Waals surface area contributed by atoms with Gasteiger partial charge in [0.1, 0.15) is 5.57 Å². The van der Waals surface area contributed by atoms with Crippen LogP contribution in [0.2, 0.25) is 0 Å². The van der Waals surface area contributed by atoms with Crippen LogP contribution in [-0.2, 0) is 26.2 Å². The number of aromatic amines is 1. The predicted molar refractivity (Wildman–Crippen MR) is 97.9 cm³/mol. The van der Waals surface area contributed by atoms with E-state index in [1.807, 2.05) is 12.1 Å². The molecule has 0 unspecified atom stereocenters. The number of ether oxygens (including phenoxy) is 1. The molecule has 6 rings (SSSR count). The van der Waals surface area contributed by atoms with E-state index >= 15 is 0 Å². The zero-order valence-electron chi connectivity index (χ0n) is 15.4. The lowest BCUT2D eigenvalue weighted by molar-refractivity contribution is -0.206. The Kier molecular flexibility index (Phi) is 2.52. The van der Waals surface area contributed by atoms with E-state index in [1.165, 1.54) is 16.6 Å². The maximum absolute atomic E-state index is 12.5. The maximum Gasteiger partial charge on any atom is 0.344 e. The van der Waals surface area contributed by atoms with Crippen LogP contribution in [0.25, 0.3) is 10.9 Å². The fourth-order valence-electron chi connectivity index (χ4n) is 6.64. The van der Waals surface area contributed by atoms with Gasteiger partial charge in [-0.3, -0.25) is 4.79 Å². The fourth-order valence-corrected chi connectivity index (χ4v) is 6.64. The summed E-state index contributed by atoms with van der Waals surface area (Å²) in [4.78, 5) is 28.6. The van der Waals surface area contributed by atoms with Crippen LogP contribution in [0.4, 0.5) is 0 Å². The van der Waals surface area contributed by atoms with Crippen molar-refractivity contribution in [3.05, 3.63) is 46.7 Å². The summed E-state index contributed by atoms with van der Waals surface area (Å²) in [6.45, 7) is 4.34. The number of carbonyl (C=O) groups is 2. The van der Waals surface area contributed by atoms with Crippen LogP contribution in [0.5, 0.6) is 0 Å². The number of nitrogens with one attached hydrogen (secondary N) is 1. The van der Waals surface area contributed by atoms with Crippen molar-refractivity contribution >= 4 is 22.7 Å². The second kappa shape index (κ2) is 4.36. The van der Waals surface area contributed by atoms with Crippen LogP contribution in [0, 0.1) is 11.3 Å². The molecule has 2 heterocycles. The molecule has 0 bridgehead atoms. The minimum Gasteiger partial charge on any atom is -0.425 e. The van der Waals surface area contributed by atoms with Gasteiger partial charge in [0.25, 0.3) is 0 Å². The molecule has 2 N–H and O–H groups in total. The Hall–Kier alpha value is -2.40. The summed E-state index contributed by atoms with van der Waals surface area (Å²) in [5, 5.41) is 12.5. The van der Waals surface area contributed by atoms with Crippen LogP contribution >= 0.6 is 0 Å². The molecule has 27 heavy (non-hydrogen) atoms. The first-order valence-electron chi connectivity index (χ1n) is 9.64. The van der Waals surface area contributed by atoms with Crippen molar-refractivity contribution in [2.24, 2.45) is 11.3 Å². The molecule has 0 radical (unpaired) electrons. The number of esters is 1. The molecular weight excluding hydrogens is 342 g/mol. The average molecular weight is 363 g/mol. The molecule has 0 saturated heterocycles. The highest BCUT2D eigenvalue weighted by Gasteiger charge is 2.71. The second-order valence-electron chi connectivity index (χ2n) is 9.01. The van der Waals surface area contributed by atoms with Gasteiger partial charge in [-0.05, 0) is 30.4 Å². The summed E-state index contributed by atoms with van der Waals surface area (Å²) in [5.74, 6) is -2.34. The summed E-state index contributed by atoms with van der Waals surface area (Å²) >= 11 is 0. The highest BCUT2D eigenvalue weighted by Crippen LogP contribution is 2.69. The third-order valence-corrected chi connectivity index (χ3v) is 8.06. The molecule has 5 heteroatoms. The van der Waals surface area contributed by atoms with Gasteiger partial charge in [0.05, 0.1) is 0 Å². The molecule has 0 spiro atoms. The van der Waals surface area contributed by atoms with E-state index in [-0.39, 0.29) is 22.7 Å². The lowest BCUT2D eigenvalue weighted by Gasteiger charge is -2.57. The van der Waals surface area contributed by atoms with Crippen LogP contribution in [-0.4, -0.2) is 27.6 Å². The molecule has 4 aliphatic rings. The Balaban J connectivity index is 1.68. The standard InChI is InChI=1S/C22H21NO4/c1-20-8-7-15(24)16-17(20)22(26,27-19(16)25)10-11-9-13-12-5-3-4-6-14(12)23-18(13)21(11,20)2/h3-6,11,23,26H,7-10H2,1-2H3/t11-,20+,21-,22+/m1/s1. The molecule has 1 saturated carbocycles. The first-order valence-corrected chi connectivity index (χ1v) is 9.64. The number of H-pyrrole nitrogens is 1. The van der Waals surface area contributed by atoms with E-state index in [9.17, 15) is 14.7 Å². The van der Waals surface area contributed by atoms with Crippen molar-refractivity contribution < 1.29 is 19.4 Å². The largest absolute Gasteiger partial charge is 0.425 e. The number of rotatable bonds is 0. The Morgan fingerprint density at radius 3 is 2.81 bits per heavy atom. The third-order valence-electron chi connectivity index (χ3n) is 8.06. The number of para-hydroxylation sites is 1. The number of aliphatic hydroxyl groups is 1. The quantitative estimate of drug-likeness (QED) is 0.557. The Bertz CT molecular complexity index is 1110. The minimum atomic E-state index is -1.64. The highest BCUT2D eigenvalue weighted by atomic mass is 16.7. The number of carbonyl (C=O) groups excluding carboxylic acids is 2. The summed E-state index contributed by atoms with van der Waals surface area (Å²) in [5.41, 5.74) is 3.45. The molecule has 1 aromatic heterocycles. The number of hydrogen-bond acceptors (Lipinski definition) is 4. The zero-order chi connectivity index (χ0) is 18.8. The number of aromatic nitrogens is 1. The van der Waals surface area contributed by atoms with Crippen LogP contribution in [0.1, 0.15) is 44.4 Å². The van der Waals surface area contributed by atoms with Crippen LogP contribution in [0.3, 0.4) is 0 Å². The molecule has 5 nitrogen and oxygen atoms in total. The third kappa shape index (κ3) is 1.50. The van der Waals surface area contributed by atoms with Gasteiger partial charge in [0.15, 0.2) is 5.78 Å². The average Bonchev–Trinajstić information content (AvgIpc) is 3.21. The van der Waals surface area contributed by atoms with Crippen molar-refractivity contribution in [3.8, 4) is 0 Å². The van der Waals surface area contributed by atoms with Crippen LogP contribution < -0.4 is 0 Å². The lowest BCUT2D eigenvalue weighted by atomic mass is 9.47. The Labute approximate surface area is 156 Å². The summed E-state index contributed by atoms with van der Waals surface area (Å²) in [7, 11) is 0. The SMILES string of the molecule is C[C@]12CCC(=O)C3=C1[C@](O)(C[C@H]1Cc4c([nH]c5ccccc45)[C@@]12C)OC3=O. The van der Waals surface area contributed by atoms with Crippen molar-refractivity contribution in [2.45, 2.75) is 50.7 Å². The topological polar surface area (TPSA) is 79.4 Å². The molecule has 3 aliphatic carbocycles.